The van der Waals surface area contributed by atoms with Crippen LogP contribution in [0.15, 0.2) is 29.3 Å². The molecule has 0 atom stereocenters. The van der Waals surface area contributed by atoms with E-state index in [0.29, 0.717) is 0 Å². The topological polar surface area (TPSA) is 104 Å². The van der Waals surface area contributed by atoms with Crippen LogP contribution in [0.2, 0.25) is 0 Å². The van der Waals surface area contributed by atoms with Crippen molar-refractivity contribution < 1.29 is 31.1 Å². The van der Waals surface area contributed by atoms with E-state index < -0.39 is 40.5 Å². The van der Waals surface area contributed by atoms with Crippen molar-refractivity contribution in [3.63, 3.8) is 0 Å². The molecule has 0 bridgehead atoms. The summed E-state index contributed by atoms with van der Waals surface area (Å²) >= 11 is 0. The molecule has 3 rings (SSSR count). The van der Waals surface area contributed by atoms with Gasteiger partial charge in [-0.05, 0) is 18.2 Å². The Morgan fingerprint density at radius 2 is 1.59 bits per heavy atom. The highest BCUT2D eigenvalue weighted by Crippen LogP contribution is 2.36. The molecule has 0 unspecified atom stereocenters. The summed E-state index contributed by atoms with van der Waals surface area (Å²) in [6.45, 7) is 0. The van der Waals surface area contributed by atoms with Gasteiger partial charge in [-0.15, -0.1) is 0 Å². The number of H-pyrrole nitrogens is 2. The van der Waals surface area contributed by atoms with E-state index in [4.69, 9.17) is 0 Å². The molecule has 13 heteroatoms. The lowest BCUT2D eigenvalue weighted by molar-refractivity contribution is -0.143. The number of benzene rings is 1. The second-order valence-corrected chi connectivity index (χ2v) is 5.26. The van der Waals surface area contributed by atoms with Gasteiger partial charge in [-0.1, -0.05) is 0 Å². The number of nitrogens with one attached hydrogen (secondary N) is 3. The molecular weight excluding hydrogens is 384 g/mol. The first-order valence-corrected chi connectivity index (χ1v) is 6.99. The van der Waals surface area contributed by atoms with Crippen molar-refractivity contribution in [2.75, 3.05) is 5.32 Å². The molecule has 1 aromatic carbocycles. The average molecular weight is 391 g/mol. The summed E-state index contributed by atoms with van der Waals surface area (Å²) in [5.74, 6) is -1.66. The number of rotatable bonds is 2. The molecule has 0 radical (unpaired) electrons. The lowest BCUT2D eigenvalue weighted by atomic mass is 10.0. The molecule has 142 valence electrons. The Morgan fingerprint density at radius 3 is 2.11 bits per heavy atom. The Morgan fingerprint density at radius 1 is 1.00 bits per heavy atom. The first kappa shape index (κ1) is 18.4. The number of carbonyl (C=O) groups is 1. The number of carbonyl (C=O) groups excluding carboxylic acids is 1. The SMILES string of the molecule is O=C(Nc1nc2nc[nH]c(=O)c2[nH]1)c1cc(C(F)(F)F)cc(C(F)(F)F)c1. The summed E-state index contributed by atoms with van der Waals surface area (Å²) < 4.78 is 77.1. The molecule has 3 N–H and O–H groups in total. The van der Waals surface area contributed by atoms with E-state index in [1.165, 1.54) is 0 Å². The maximum absolute atomic E-state index is 12.8. The zero-order chi connectivity index (χ0) is 20.0. The highest BCUT2D eigenvalue weighted by Gasteiger charge is 2.37. The van der Waals surface area contributed by atoms with Crippen LogP contribution >= 0.6 is 0 Å². The van der Waals surface area contributed by atoms with Gasteiger partial charge in [-0.25, -0.2) is 4.98 Å². The van der Waals surface area contributed by atoms with Gasteiger partial charge in [-0.3, -0.25) is 14.9 Å². The Labute approximate surface area is 144 Å². The summed E-state index contributed by atoms with van der Waals surface area (Å²) in [5.41, 5.74) is -5.02. The van der Waals surface area contributed by atoms with Crippen molar-refractivity contribution in [1.82, 2.24) is 19.9 Å². The molecule has 0 spiro atoms. The number of nitrogens with zero attached hydrogens (tertiary/aromatic N) is 2. The van der Waals surface area contributed by atoms with E-state index >= 15 is 0 Å². The first-order valence-electron chi connectivity index (χ1n) is 6.99. The second kappa shape index (κ2) is 6.10. The first-order chi connectivity index (χ1) is 12.4. The van der Waals surface area contributed by atoms with E-state index in [1.807, 2.05) is 5.32 Å². The number of hydrogen-bond acceptors (Lipinski definition) is 4. The minimum Gasteiger partial charge on any atom is -0.318 e. The quantitative estimate of drug-likeness (QED) is 0.585. The van der Waals surface area contributed by atoms with Gasteiger partial charge in [0.15, 0.2) is 11.2 Å². The summed E-state index contributed by atoms with van der Waals surface area (Å²) in [7, 11) is 0. The number of imidazole rings is 1. The van der Waals surface area contributed by atoms with E-state index in [1.54, 1.807) is 0 Å². The van der Waals surface area contributed by atoms with Gasteiger partial charge < -0.3 is 9.97 Å². The third-order valence-corrected chi connectivity index (χ3v) is 3.38. The zero-order valence-corrected chi connectivity index (χ0v) is 12.8. The van der Waals surface area contributed by atoms with Crippen LogP contribution in [0.5, 0.6) is 0 Å². The van der Waals surface area contributed by atoms with Gasteiger partial charge in [0.05, 0.1) is 17.5 Å². The average Bonchev–Trinajstić information content (AvgIpc) is 2.96. The number of aromatic amines is 2. The van der Waals surface area contributed by atoms with Gasteiger partial charge in [-0.2, -0.15) is 31.3 Å². The Kier molecular flexibility index (Phi) is 4.16. The molecule has 2 heterocycles. The van der Waals surface area contributed by atoms with Crippen LogP contribution in [0, 0.1) is 0 Å². The van der Waals surface area contributed by atoms with Crippen LogP contribution in [0.25, 0.3) is 11.2 Å². The molecule has 0 aliphatic carbocycles. The van der Waals surface area contributed by atoms with Crippen molar-refractivity contribution in [2.45, 2.75) is 12.4 Å². The molecule has 7 nitrogen and oxygen atoms in total. The van der Waals surface area contributed by atoms with Crippen LogP contribution in [0.1, 0.15) is 21.5 Å². The van der Waals surface area contributed by atoms with Crippen LogP contribution in [-0.4, -0.2) is 25.8 Å². The number of amides is 1. The molecule has 0 fully saturated rings. The van der Waals surface area contributed by atoms with Crippen LogP contribution in [-0.2, 0) is 12.4 Å². The molecule has 0 aliphatic rings. The summed E-state index contributed by atoms with van der Waals surface area (Å²) in [6, 6.07) is 0.456. The normalized spacial score (nSPS) is 12.4. The van der Waals surface area contributed by atoms with Crippen LogP contribution < -0.4 is 10.9 Å². The molecule has 0 aliphatic heterocycles. The van der Waals surface area contributed by atoms with Crippen molar-refractivity contribution in [2.24, 2.45) is 0 Å². The molecule has 27 heavy (non-hydrogen) atoms. The third-order valence-electron chi connectivity index (χ3n) is 3.38. The molecule has 0 saturated heterocycles. The Bertz CT molecular complexity index is 1050. The number of hydrogen-bond donors (Lipinski definition) is 3. The standard InChI is InChI=1S/C14H7F6N5O2/c15-13(16,17)6-1-5(2-7(3-6)14(18,19)20)10(26)25-12-23-8-9(24-12)21-4-22-11(8)27/h1-4H,(H3,21,22,23,24,25,26,27). The third kappa shape index (κ3) is 3.75. The minimum absolute atomic E-state index is 0.0958. The fourth-order valence-electron chi connectivity index (χ4n) is 2.16. The monoisotopic (exact) mass is 391 g/mol. The number of alkyl halides is 6. The predicted octanol–water partition coefficient (Wildman–Crippen LogP) is 2.94. The van der Waals surface area contributed by atoms with Gasteiger partial charge in [0.2, 0.25) is 5.95 Å². The highest BCUT2D eigenvalue weighted by molar-refractivity contribution is 6.04. The van der Waals surface area contributed by atoms with Gasteiger partial charge >= 0.3 is 12.4 Å². The maximum Gasteiger partial charge on any atom is 0.416 e. The van der Waals surface area contributed by atoms with Gasteiger partial charge in [0.25, 0.3) is 11.5 Å². The highest BCUT2D eigenvalue weighted by atomic mass is 19.4. The lowest BCUT2D eigenvalue weighted by Crippen LogP contribution is -2.17. The Hall–Kier alpha value is -3.38. The summed E-state index contributed by atoms with van der Waals surface area (Å²) in [6.07, 6.45) is -9.15. The molecule has 3 aromatic rings. The molecular formula is C14H7F6N5O2. The Balaban J connectivity index is 2.00. The van der Waals surface area contributed by atoms with E-state index in [-0.39, 0.29) is 35.3 Å². The summed E-state index contributed by atoms with van der Waals surface area (Å²) in [5, 5.41) is 2.00. The van der Waals surface area contributed by atoms with Crippen LogP contribution in [0.3, 0.4) is 0 Å². The number of anilines is 1. The lowest BCUT2D eigenvalue weighted by Gasteiger charge is -2.13. The maximum atomic E-state index is 12.8. The minimum atomic E-state index is -5.09. The van der Waals surface area contributed by atoms with Crippen molar-refractivity contribution in [3.8, 4) is 0 Å². The number of halogens is 6. The molecule has 0 saturated carbocycles. The predicted molar refractivity (Wildman–Crippen MR) is 78.9 cm³/mol. The largest absolute Gasteiger partial charge is 0.416 e. The number of aromatic nitrogens is 4. The zero-order valence-electron chi connectivity index (χ0n) is 12.8. The molecule has 2 aromatic heterocycles. The van der Waals surface area contributed by atoms with E-state index in [2.05, 4.69) is 19.9 Å². The van der Waals surface area contributed by atoms with Crippen LogP contribution in [0.4, 0.5) is 32.3 Å². The summed E-state index contributed by atoms with van der Waals surface area (Å²) in [4.78, 5) is 35.6. The fraction of sp³-hybridized carbons (Fsp3) is 0.143. The fourth-order valence-corrected chi connectivity index (χ4v) is 2.16. The van der Waals surface area contributed by atoms with E-state index in [9.17, 15) is 35.9 Å². The number of fused-ring (bicyclic) bond motifs is 1. The van der Waals surface area contributed by atoms with Crippen molar-refractivity contribution >= 4 is 23.0 Å². The smallest absolute Gasteiger partial charge is 0.318 e. The second-order valence-electron chi connectivity index (χ2n) is 5.26. The van der Waals surface area contributed by atoms with Crippen molar-refractivity contribution in [1.29, 1.82) is 0 Å². The van der Waals surface area contributed by atoms with E-state index in [0.717, 1.165) is 6.33 Å². The van der Waals surface area contributed by atoms with Gasteiger partial charge in [0, 0.05) is 5.56 Å². The van der Waals surface area contributed by atoms with Gasteiger partial charge in [0.1, 0.15) is 0 Å². The van der Waals surface area contributed by atoms with Crippen molar-refractivity contribution in [3.05, 3.63) is 51.6 Å². The molecule has 1 amide bonds.